The molecule has 1 N–H and O–H groups in total. The van der Waals surface area contributed by atoms with Crippen LogP contribution in [0.1, 0.15) is 23.5 Å². The van der Waals surface area contributed by atoms with Crippen LogP contribution >= 0.6 is 0 Å². The number of amides is 1. The van der Waals surface area contributed by atoms with Crippen LogP contribution < -0.4 is 4.90 Å². The van der Waals surface area contributed by atoms with Gasteiger partial charge >= 0.3 is 12.1 Å². The molecule has 6 heteroatoms. The van der Waals surface area contributed by atoms with Gasteiger partial charge in [-0.3, -0.25) is 9.69 Å². The molecule has 0 saturated carbocycles. The van der Waals surface area contributed by atoms with Gasteiger partial charge in [0, 0.05) is 18.7 Å². The Morgan fingerprint density at radius 1 is 0.931 bits per heavy atom. The molecule has 146 valence electrons. The molecule has 0 saturated heterocycles. The molecule has 6 nitrogen and oxygen atoms in total. The number of hydrogen-bond acceptors (Lipinski definition) is 4. The van der Waals surface area contributed by atoms with Gasteiger partial charge in [-0.1, -0.05) is 54.6 Å². The van der Waals surface area contributed by atoms with Gasteiger partial charge < -0.3 is 9.84 Å². The summed E-state index contributed by atoms with van der Waals surface area (Å²) >= 11 is 0. The fourth-order valence-corrected chi connectivity index (χ4v) is 3.69. The molecule has 0 unspecified atom stereocenters. The lowest BCUT2D eigenvalue weighted by molar-refractivity contribution is -0.136. The molecule has 0 aliphatic heterocycles. The largest absolute Gasteiger partial charge is 0.481 e. The fraction of sp³-hybridized carbons (Fsp3) is 0.174. The molecule has 1 aliphatic carbocycles. The minimum atomic E-state index is -0.989. The zero-order valence-corrected chi connectivity index (χ0v) is 15.7. The summed E-state index contributed by atoms with van der Waals surface area (Å²) in [5, 5.41) is 9.01. The minimum Gasteiger partial charge on any atom is -0.481 e. The molecule has 2 aromatic carbocycles. The predicted molar refractivity (Wildman–Crippen MR) is 109 cm³/mol. The highest BCUT2D eigenvalue weighted by atomic mass is 16.6. The molecule has 1 aromatic heterocycles. The van der Waals surface area contributed by atoms with E-state index in [4.69, 9.17) is 9.84 Å². The highest BCUT2D eigenvalue weighted by Crippen LogP contribution is 2.44. The molecule has 1 heterocycles. The van der Waals surface area contributed by atoms with Crippen molar-refractivity contribution in [2.24, 2.45) is 0 Å². The van der Waals surface area contributed by atoms with Crippen LogP contribution in [0.4, 0.5) is 10.6 Å². The molecule has 29 heavy (non-hydrogen) atoms. The van der Waals surface area contributed by atoms with Gasteiger partial charge in [-0.05, 0) is 34.4 Å². The Labute approximate surface area is 168 Å². The van der Waals surface area contributed by atoms with E-state index >= 15 is 0 Å². The van der Waals surface area contributed by atoms with Crippen molar-refractivity contribution in [1.29, 1.82) is 0 Å². The third-order valence-corrected chi connectivity index (χ3v) is 5.03. The first-order valence-electron chi connectivity index (χ1n) is 9.40. The molecular weight excluding hydrogens is 368 g/mol. The van der Waals surface area contributed by atoms with Crippen LogP contribution in [0.3, 0.4) is 0 Å². The summed E-state index contributed by atoms with van der Waals surface area (Å²) in [5.74, 6) is -0.681. The molecule has 3 aromatic rings. The van der Waals surface area contributed by atoms with Crippen molar-refractivity contribution in [3.05, 3.63) is 84.1 Å². The molecule has 1 aliphatic rings. The lowest BCUT2D eigenvalue weighted by atomic mass is 9.98. The van der Waals surface area contributed by atoms with Gasteiger partial charge in [-0.2, -0.15) is 0 Å². The number of hydrogen-bond donors (Lipinski definition) is 1. The molecule has 0 radical (unpaired) electrons. The third kappa shape index (κ3) is 3.82. The highest BCUT2D eigenvalue weighted by molar-refractivity contribution is 5.87. The van der Waals surface area contributed by atoms with Crippen LogP contribution in [0.2, 0.25) is 0 Å². The SMILES string of the molecule is O=C(O)CCN(C(=O)OCC1c2ccccc2-c2ccccc21)c1ccccn1. The standard InChI is InChI=1S/C23H20N2O4/c26-22(27)12-14-25(21-11-5-6-13-24-21)23(28)29-15-20-18-9-3-1-7-16(18)17-8-2-4-10-19(17)20/h1-11,13,20H,12,14-15H2,(H,26,27). The number of carbonyl (C=O) groups is 2. The van der Waals surface area contributed by atoms with Crippen molar-refractivity contribution in [2.45, 2.75) is 12.3 Å². The lowest BCUT2D eigenvalue weighted by Gasteiger charge is -2.22. The molecular formula is C23H20N2O4. The number of pyridine rings is 1. The van der Waals surface area contributed by atoms with E-state index in [1.54, 1.807) is 24.4 Å². The van der Waals surface area contributed by atoms with Gasteiger partial charge in [-0.15, -0.1) is 0 Å². The van der Waals surface area contributed by atoms with Gasteiger partial charge in [-0.25, -0.2) is 9.78 Å². The molecule has 4 rings (SSSR count). The Balaban J connectivity index is 1.54. The summed E-state index contributed by atoms with van der Waals surface area (Å²) in [6.45, 7) is 0.159. The average Bonchev–Trinajstić information content (AvgIpc) is 3.07. The number of fused-ring (bicyclic) bond motifs is 3. The highest BCUT2D eigenvalue weighted by Gasteiger charge is 2.30. The topological polar surface area (TPSA) is 79.7 Å². The van der Waals surface area contributed by atoms with Crippen molar-refractivity contribution in [3.63, 3.8) is 0 Å². The second-order valence-electron chi connectivity index (χ2n) is 6.79. The summed E-state index contributed by atoms with van der Waals surface area (Å²) in [5.41, 5.74) is 4.54. The van der Waals surface area contributed by atoms with E-state index in [9.17, 15) is 9.59 Å². The zero-order valence-electron chi connectivity index (χ0n) is 15.7. The molecule has 0 spiro atoms. The smallest absolute Gasteiger partial charge is 0.415 e. The Kier molecular flexibility index (Phi) is 5.24. The Morgan fingerprint density at radius 3 is 2.14 bits per heavy atom. The summed E-state index contributed by atoms with van der Waals surface area (Å²) in [7, 11) is 0. The first kappa shape index (κ1) is 18.7. The van der Waals surface area contributed by atoms with E-state index in [-0.39, 0.29) is 25.5 Å². The molecule has 0 fully saturated rings. The van der Waals surface area contributed by atoms with Crippen molar-refractivity contribution < 1.29 is 19.4 Å². The number of carbonyl (C=O) groups excluding carboxylic acids is 1. The van der Waals surface area contributed by atoms with Crippen LogP contribution in [0.5, 0.6) is 0 Å². The second-order valence-corrected chi connectivity index (χ2v) is 6.79. The van der Waals surface area contributed by atoms with Crippen LogP contribution in [0.15, 0.2) is 72.9 Å². The monoisotopic (exact) mass is 388 g/mol. The Morgan fingerprint density at radius 2 is 1.55 bits per heavy atom. The van der Waals surface area contributed by atoms with Crippen molar-refractivity contribution >= 4 is 17.9 Å². The maximum absolute atomic E-state index is 12.8. The minimum absolute atomic E-state index is 0.0109. The first-order chi connectivity index (χ1) is 14.1. The van der Waals surface area contributed by atoms with Crippen LogP contribution in [-0.2, 0) is 9.53 Å². The molecule has 0 bridgehead atoms. The van der Waals surface area contributed by atoms with Gasteiger partial charge in [0.2, 0.25) is 0 Å². The van der Waals surface area contributed by atoms with Crippen molar-refractivity contribution in [3.8, 4) is 11.1 Å². The number of nitrogens with zero attached hydrogens (tertiary/aromatic N) is 2. The first-order valence-corrected chi connectivity index (χ1v) is 9.40. The summed E-state index contributed by atoms with van der Waals surface area (Å²) in [4.78, 5) is 29.2. The summed E-state index contributed by atoms with van der Waals surface area (Å²) in [6, 6.07) is 21.3. The van der Waals surface area contributed by atoms with Crippen molar-refractivity contribution in [1.82, 2.24) is 4.98 Å². The van der Waals surface area contributed by atoms with E-state index in [1.807, 2.05) is 24.3 Å². The van der Waals surface area contributed by atoms with E-state index in [1.165, 1.54) is 4.90 Å². The van der Waals surface area contributed by atoms with Gasteiger partial charge in [0.1, 0.15) is 12.4 Å². The Bertz CT molecular complexity index is 990. The number of benzene rings is 2. The number of carboxylic acid groups (broad SMARTS) is 1. The number of aliphatic carboxylic acids is 1. The predicted octanol–water partition coefficient (Wildman–Crippen LogP) is 4.31. The van der Waals surface area contributed by atoms with E-state index in [0.717, 1.165) is 22.3 Å². The van der Waals surface area contributed by atoms with Crippen molar-refractivity contribution in [2.75, 3.05) is 18.1 Å². The van der Waals surface area contributed by atoms with E-state index in [0.29, 0.717) is 5.82 Å². The number of rotatable bonds is 6. The molecule has 1 amide bonds. The lowest BCUT2D eigenvalue weighted by Crippen LogP contribution is -2.35. The average molecular weight is 388 g/mol. The van der Waals surface area contributed by atoms with Crippen LogP contribution in [-0.4, -0.2) is 35.3 Å². The number of anilines is 1. The second kappa shape index (κ2) is 8.14. The fourth-order valence-electron chi connectivity index (χ4n) is 3.69. The van der Waals surface area contributed by atoms with Crippen LogP contribution in [0, 0.1) is 0 Å². The number of ether oxygens (including phenoxy) is 1. The zero-order chi connectivity index (χ0) is 20.2. The van der Waals surface area contributed by atoms with E-state index < -0.39 is 12.1 Å². The van der Waals surface area contributed by atoms with Gasteiger partial charge in [0.25, 0.3) is 0 Å². The van der Waals surface area contributed by atoms with Gasteiger partial charge in [0.05, 0.1) is 6.42 Å². The quantitative estimate of drug-likeness (QED) is 0.681. The Hall–Kier alpha value is -3.67. The number of carboxylic acids is 1. The maximum atomic E-state index is 12.8. The molecule has 0 atom stereocenters. The van der Waals surface area contributed by atoms with E-state index in [2.05, 4.69) is 29.2 Å². The number of aromatic nitrogens is 1. The summed E-state index contributed by atoms with van der Waals surface area (Å²) in [6.07, 6.45) is 0.757. The summed E-state index contributed by atoms with van der Waals surface area (Å²) < 4.78 is 5.64. The normalized spacial score (nSPS) is 12.1. The third-order valence-electron chi connectivity index (χ3n) is 5.03. The maximum Gasteiger partial charge on any atom is 0.415 e. The van der Waals surface area contributed by atoms with Crippen LogP contribution in [0.25, 0.3) is 11.1 Å². The van der Waals surface area contributed by atoms with Gasteiger partial charge in [0.15, 0.2) is 0 Å².